The third-order valence-electron chi connectivity index (χ3n) is 6.40. The second-order valence-corrected chi connectivity index (χ2v) is 10.7. The van der Waals surface area contributed by atoms with Crippen molar-refractivity contribution in [3.63, 3.8) is 0 Å². The number of hydrogen-bond donors (Lipinski definition) is 1. The Morgan fingerprint density at radius 2 is 1.59 bits per heavy atom. The fourth-order valence-electron chi connectivity index (χ4n) is 4.46. The molecule has 1 N–H and O–H groups in total. The predicted molar refractivity (Wildman–Crippen MR) is 121 cm³/mol. The molecule has 32 heavy (non-hydrogen) atoms. The molecule has 0 radical (unpaired) electrons. The molecule has 4 rings (SSSR count). The van der Waals surface area contributed by atoms with Gasteiger partial charge in [-0.05, 0) is 49.8 Å². The van der Waals surface area contributed by atoms with Crippen LogP contribution in [-0.4, -0.2) is 46.5 Å². The summed E-state index contributed by atoms with van der Waals surface area (Å²) in [6.07, 6.45) is 9.34. The van der Waals surface area contributed by atoms with Crippen LogP contribution in [0, 0.1) is 0 Å². The molecule has 0 atom stereocenters. The number of aromatic nitrogens is 3. The average Bonchev–Trinajstić information content (AvgIpc) is 3.01. The van der Waals surface area contributed by atoms with Crippen LogP contribution in [0.25, 0.3) is 0 Å². The second-order valence-electron chi connectivity index (χ2n) is 8.73. The number of fused-ring (bicyclic) bond motifs is 1. The van der Waals surface area contributed by atoms with Crippen molar-refractivity contribution in [2.75, 3.05) is 13.1 Å². The van der Waals surface area contributed by atoms with E-state index in [4.69, 9.17) is 0 Å². The first kappa shape index (κ1) is 22.9. The Morgan fingerprint density at radius 1 is 0.906 bits per heavy atom. The molecule has 1 saturated heterocycles. The molecule has 1 aromatic heterocycles. The Hall–Kier alpha value is -2.26. The smallest absolute Gasteiger partial charge is 0.243 e. The molecule has 0 bridgehead atoms. The molecule has 0 aliphatic carbocycles. The maximum absolute atomic E-state index is 12.9. The minimum absolute atomic E-state index is 0.0442. The van der Waals surface area contributed by atoms with Gasteiger partial charge in [-0.1, -0.05) is 31.4 Å². The molecular weight excluding hydrogens is 426 g/mol. The van der Waals surface area contributed by atoms with Gasteiger partial charge in [0.1, 0.15) is 5.82 Å². The van der Waals surface area contributed by atoms with E-state index in [0.717, 1.165) is 68.7 Å². The summed E-state index contributed by atoms with van der Waals surface area (Å²) in [6, 6.07) is 6.96. The van der Waals surface area contributed by atoms with Crippen LogP contribution in [0.2, 0.25) is 0 Å². The lowest BCUT2D eigenvalue weighted by Crippen LogP contribution is -2.31. The van der Waals surface area contributed by atoms with Gasteiger partial charge in [-0.25, -0.2) is 8.42 Å². The van der Waals surface area contributed by atoms with Crippen molar-refractivity contribution in [3.8, 4) is 0 Å². The van der Waals surface area contributed by atoms with E-state index >= 15 is 0 Å². The molecule has 0 spiro atoms. The largest absolute Gasteiger partial charge is 0.349 e. The van der Waals surface area contributed by atoms with E-state index in [9.17, 15) is 13.2 Å². The SMILES string of the molecule is O=C(CCc1ccc(S(=O)(=O)N2CCCCCC2)cc1)NCc1nnc2n1CCCCC2. The number of sulfonamides is 1. The van der Waals surface area contributed by atoms with Gasteiger partial charge in [0.05, 0.1) is 11.4 Å². The molecule has 1 amide bonds. The third kappa shape index (κ3) is 5.56. The molecule has 2 aromatic rings. The molecule has 8 nitrogen and oxygen atoms in total. The zero-order valence-electron chi connectivity index (χ0n) is 18.6. The van der Waals surface area contributed by atoms with E-state index in [1.165, 1.54) is 6.42 Å². The van der Waals surface area contributed by atoms with Gasteiger partial charge in [-0.3, -0.25) is 4.79 Å². The summed E-state index contributed by atoms with van der Waals surface area (Å²) in [5.74, 6) is 1.79. The normalized spacial score (nSPS) is 17.9. The van der Waals surface area contributed by atoms with E-state index in [1.807, 2.05) is 12.1 Å². The van der Waals surface area contributed by atoms with E-state index in [0.29, 0.717) is 37.4 Å². The Bertz CT molecular complexity index is 1010. The van der Waals surface area contributed by atoms with Gasteiger partial charge < -0.3 is 9.88 Å². The van der Waals surface area contributed by atoms with Gasteiger partial charge in [-0.2, -0.15) is 4.31 Å². The average molecular weight is 460 g/mol. The highest BCUT2D eigenvalue weighted by atomic mass is 32.2. The summed E-state index contributed by atoms with van der Waals surface area (Å²) >= 11 is 0. The quantitative estimate of drug-likeness (QED) is 0.687. The van der Waals surface area contributed by atoms with Crippen LogP contribution < -0.4 is 5.32 Å². The van der Waals surface area contributed by atoms with Gasteiger partial charge in [-0.15, -0.1) is 10.2 Å². The minimum atomic E-state index is -3.44. The summed E-state index contributed by atoms with van der Waals surface area (Å²) in [7, 11) is -3.44. The number of nitrogens with zero attached hydrogens (tertiary/aromatic N) is 4. The van der Waals surface area contributed by atoms with Gasteiger partial charge in [0.25, 0.3) is 0 Å². The highest BCUT2D eigenvalue weighted by Crippen LogP contribution is 2.21. The van der Waals surface area contributed by atoms with Crippen molar-refractivity contribution in [2.45, 2.75) is 82.2 Å². The number of benzene rings is 1. The van der Waals surface area contributed by atoms with Crippen LogP contribution in [0.15, 0.2) is 29.2 Å². The molecule has 0 saturated carbocycles. The fraction of sp³-hybridized carbons (Fsp3) is 0.609. The number of amides is 1. The summed E-state index contributed by atoms with van der Waals surface area (Å²) < 4.78 is 29.5. The molecule has 3 heterocycles. The van der Waals surface area contributed by atoms with Crippen LogP contribution >= 0.6 is 0 Å². The van der Waals surface area contributed by atoms with Crippen molar-refractivity contribution in [2.24, 2.45) is 0 Å². The van der Waals surface area contributed by atoms with Gasteiger partial charge in [0.15, 0.2) is 5.82 Å². The van der Waals surface area contributed by atoms with E-state index in [-0.39, 0.29) is 5.91 Å². The Kier molecular flexibility index (Phi) is 7.57. The van der Waals surface area contributed by atoms with Gasteiger partial charge >= 0.3 is 0 Å². The Morgan fingerprint density at radius 3 is 2.34 bits per heavy atom. The lowest BCUT2D eigenvalue weighted by atomic mass is 10.1. The molecule has 1 fully saturated rings. The molecule has 1 aromatic carbocycles. The first-order valence-electron chi connectivity index (χ1n) is 11.8. The predicted octanol–water partition coefficient (Wildman–Crippen LogP) is 2.82. The van der Waals surface area contributed by atoms with Crippen molar-refractivity contribution in [1.82, 2.24) is 24.4 Å². The number of aryl methyl sites for hydroxylation is 2. The first-order chi connectivity index (χ1) is 15.5. The summed E-state index contributed by atoms with van der Waals surface area (Å²) in [5.41, 5.74) is 0.950. The van der Waals surface area contributed by atoms with E-state index in [1.54, 1.807) is 16.4 Å². The van der Waals surface area contributed by atoms with E-state index in [2.05, 4.69) is 20.1 Å². The molecular formula is C23H33N5O3S. The zero-order valence-corrected chi connectivity index (χ0v) is 19.4. The van der Waals surface area contributed by atoms with Crippen molar-refractivity contribution >= 4 is 15.9 Å². The lowest BCUT2D eigenvalue weighted by molar-refractivity contribution is -0.121. The van der Waals surface area contributed by atoms with Crippen LogP contribution in [0.1, 0.15) is 68.6 Å². The van der Waals surface area contributed by atoms with Crippen LogP contribution in [0.3, 0.4) is 0 Å². The molecule has 174 valence electrons. The first-order valence-corrected chi connectivity index (χ1v) is 13.2. The Balaban J connectivity index is 1.28. The third-order valence-corrected chi connectivity index (χ3v) is 8.31. The van der Waals surface area contributed by atoms with Crippen LogP contribution in [-0.2, 0) is 40.7 Å². The zero-order chi connectivity index (χ0) is 22.4. The number of hydrogen-bond acceptors (Lipinski definition) is 5. The minimum Gasteiger partial charge on any atom is -0.349 e. The van der Waals surface area contributed by atoms with Crippen LogP contribution in [0.4, 0.5) is 0 Å². The molecule has 2 aliphatic rings. The highest BCUT2D eigenvalue weighted by Gasteiger charge is 2.25. The van der Waals surface area contributed by atoms with E-state index < -0.39 is 10.0 Å². The second kappa shape index (κ2) is 10.6. The highest BCUT2D eigenvalue weighted by molar-refractivity contribution is 7.89. The summed E-state index contributed by atoms with van der Waals surface area (Å²) in [4.78, 5) is 12.7. The molecule has 0 unspecified atom stereocenters. The molecule has 9 heteroatoms. The number of rotatable bonds is 7. The number of carbonyl (C=O) groups excluding carboxylic acids is 1. The van der Waals surface area contributed by atoms with Crippen molar-refractivity contribution in [1.29, 1.82) is 0 Å². The van der Waals surface area contributed by atoms with Crippen molar-refractivity contribution < 1.29 is 13.2 Å². The van der Waals surface area contributed by atoms with Crippen molar-refractivity contribution in [3.05, 3.63) is 41.5 Å². The topological polar surface area (TPSA) is 97.2 Å². The summed E-state index contributed by atoms with van der Waals surface area (Å²) in [5, 5.41) is 11.5. The number of nitrogens with one attached hydrogen (secondary N) is 1. The maximum atomic E-state index is 12.9. The Labute approximate surface area is 190 Å². The van der Waals surface area contributed by atoms with Crippen LogP contribution in [0.5, 0.6) is 0 Å². The monoisotopic (exact) mass is 459 g/mol. The number of carbonyl (C=O) groups is 1. The van der Waals surface area contributed by atoms with Gasteiger partial charge in [0, 0.05) is 32.5 Å². The maximum Gasteiger partial charge on any atom is 0.243 e. The molecule has 2 aliphatic heterocycles. The fourth-order valence-corrected chi connectivity index (χ4v) is 5.98. The standard InChI is InChI=1S/C23H33N5O3S/c29-23(24-18-22-26-25-21-8-4-3-7-17-28(21)22)14-11-19-9-12-20(13-10-19)32(30,31)27-15-5-1-2-6-16-27/h9-10,12-13H,1-8,11,14-18H2,(H,24,29). The van der Waals surface area contributed by atoms with Gasteiger partial charge in [0.2, 0.25) is 15.9 Å². The summed E-state index contributed by atoms with van der Waals surface area (Å²) in [6.45, 7) is 2.50. The lowest BCUT2D eigenvalue weighted by Gasteiger charge is -2.20.